The Labute approximate surface area is 115 Å². The van der Waals surface area contributed by atoms with Crippen LogP contribution >= 0.6 is 45.7 Å². The first kappa shape index (κ1) is 13.4. The van der Waals surface area contributed by atoms with Crippen LogP contribution in [0.25, 0.3) is 0 Å². The third kappa shape index (κ3) is 3.73. The van der Waals surface area contributed by atoms with Crippen molar-refractivity contribution in [2.75, 3.05) is 20.1 Å². The van der Waals surface area contributed by atoms with E-state index in [1.165, 1.54) is 13.0 Å². The van der Waals surface area contributed by atoms with Crippen LogP contribution in [0.1, 0.15) is 20.3 Å². The molecule has 0 saturated carbocycles. The van der Waals surface area contributed by atoms with E-state index in [1.54, 1.807) is 0 Å². The van der Waals surface area contributed by atoms with Crippen LogP contribution in [-0.4, -0.2) is 34.3 Å². The van der Waals surface area contributed by atoms with Crippen LogP contribution in [0, 0.1) is 11.8 Å². The van der Waals surface area contributed by atoms with Crippen LogP contribution in [0.5, 0.6) is 0 Å². The summed E-state index contributed by atoms with van der Waals surface area (Å²) in [6.45, 7) is 6.96. The van der Waals surface area contributed by atoms with Gasteiger partial charge < -0.3 is 0 Å². The quantitative estimate of drug-likeness (QED) is 0.556. The summed E-state index contributed by atoms with van der Waals surface area (Å²) < 4.78 is 5.56. The average molecular weight is 423 g/mol. The van der Waals surface area contributed by atoms with Gasteiger partial charge in [0.15, 0.2) is 0 Å². The number of nitrogens with zero attached hydrogens (tertiary/aromatic N) is 2. The lowest BCUT2D eigenvalue weighted by Gasteiger charge is -2.40. The number of rotatable bonds is 3. The number of piperidine rings is 1. The van der Waals surface area contributed by atoms with Crippen molar-refractivity contribution in [3.05, 3.63) is 0 Å². The molecule has 2 unspecified atom stereocenters. The van der Waals surface area contributed by atoms with Gasteiger partial charge in [-0.1, -0.05) is 13.8 Å². The van der Waals surface area contributed by atoms with Gasteiger partial charge >= 0.3 is 0 Å². The van der Waals surface area contributed by atoms with Gasteiger partial charge in [0, 0.05) is 64.9 Å². The highest BCUT2D eigenvalue weighted by atomic mass is 127. The predicted octanol–water partition coefficient (Wildman–Crippen LogP) is 2.47. The highest BCUT2D eigenvalue weighted by Crippen LogP contribution is 2.26. The second kappa shape index (κ2) is 6.17. The molecule has 1 heterocycles. The fourth-order valence-electron chi connectivity index (χ4n) is 1.92. The predicted molar refractivity (Wildman–Crippen MR) is 77.2 cm³/mol. The third-order valence-electron chi connectivity index (χ3n) is 3.03. The zero-order chi connectivity index (χ0) is 10.7. The Balaban J connectivity index is 2.56. The molecule has 1 rings (SSSR count). The van der Waals surface area contributed by atoms with Gasteiger partial charge in [0.05, 0.1) is 0 Å². The maximum Gasteiger partial charge on any atom is 0.0336 e. The first-order valence-electron chi connectivity index (χ1n) is 5.04. The Hall–Kier alpha value is 1.34. The van der Waals surface area contributed by atoms with Gasteiger partial charge in [-0.3, -0.25) is 0 Å². The molecule has 0 radical (unpaired) electrons. The summed E-state index contributed by atoms with van der Waals surface area (Å²) in [5, 5.41) is 2.33. The van der Waals surface area contributed by atoms with E-state index in [0.717, 1.165) is 18.4 Å². The topological polar surface area (TPSA) is 18.5 Å². The largest absolute Gasteiger partial charge is 0.246 e. The summed E-state index contributed by atoms with van der Waals surface area (Å²) >= 11 is 4.63. The highest BCUT2D eigenvalue weighted by Gasteiger charge is 2.30. The normalized spacial score (nSPS) is 30.2. The minimum absolute atomic E-state index is 0.680. The van der Waals surface area contributed by atoms with Gasteiger partial charge in [-0.05, 0) is 25.3 Å². The molecule has 1 saturated heterocycles. The summed E-state index contributed by atoms with van der Waals surface area (Å²) in [6.07, 6.45) is 1.33. The maximum absolute atomic E-state index is 3.25. The summed E-state index contributed by atoms with van der Waals surface area (Å²) in [4.78, 5) is 0. The van der Waals surface area contributed by atoms with Crippen LogP contribution in [0.15, 0.2) is 0 Å². The molecule has 1 aliphatic heterocycles. The molecule has 0 bridgehead atoms. The van der Waals surface area contributed by atoms with E-state index < -0.39 is 0 Å². The summed E-state index contributed by atoms with van der Waals surface area (Å²) in [5.41, 5.74) is 0. The van der Waals surface area contributed by atoms with Gasteiger partial charge in [0.1, 0.15) is 0 Å². The highest BCUT2D eigenvalue weighted by molar-refractivity contribution is 14.1. The van der Waals surface area contributed by atoms with E-state index in [9.17, 15) is 0 Å². The smallest absolute Gasteiger partial charge is 0.0336 e. The van der Waals surface area contributed by atoms with Crippen LogP contribution in [0.2, 0.25) is 0 Å². The Morgan fingerprint density at radius 1 is 1.43 bits per heavy atom. The first-order chi connectivity index (χ1) is 6.54. The van der Waals surface area contributed by atoms with Crippen molar-refractivity contribution in [3.8, 4) is 0 Å². The fourth-order valence-corrected chi connectivity index (χ4v) is 2.72. The molecule has 0 aliphatic carbocycles. The maximum atomic E-state index is 3.25. The van der Waals surface area contributed by atoms with E-state index in [1.807, 2.05) is 0 Å². The zero-order valence-corrected chi connectivity index (χ0v) is 13.3. The molecular weight excluding hydrogens is 404 g/mol. The molecule has 1 fully saturated rings. The summed E-state index contributed by atoms with van der Waals surface area (Å²) in [7, 11) is 2.17. The molecule has 0 spiro atoms. The molecule has 3 nitrogen and oxygen atoms in total. The molecular formula is C9H19I2N3. The number of hydrogen-bond donors (Lipinski definition) is 1. The number of hydrogen-bond acceptors (Lipinski definition) is 3. The molecule has 0 amide bonds. The van der Waals surface area contributed by atoms with Crippen molar-refractivity contribution in [1.82, 2.24) is 11.8 Å². The molecule has 1 N–H and O–H groups in total. The summed E-state index contributed by atoms with van der Waals surface area (Å²) in [5.74, 6) is 1.59. The van der Waals surface area contributed by atoms with Crippen LogP contribution in [0.3, 0.4) is 0 Å². The fraction of sp³-hybridized carbons (Fsp3) is 1.00. The van der Waals surface area contributed by atoms with Crippen molar-refractivity contribution in [2.24, 2.45) is 11.8 Å². The van der Waals surface area contributed by atoms with Crippen molar-refractivity contribution in [2.45, 2.75) is 26.3 Å². The summed E-state index contributed by atoms with van der Waals surface area (Å²) in [6, 6.07) is 0.680. The van der Waals surface area contributed by atoms with Crippen LogP contribution in [0.4, 0.5) is 0 Å². The standard InChI is InChI=1S/C9H19I2N3/c1-7(2)8-4-9(13(3)11)6-14(5-8)12-10/h7-9,12H,4-6H2,1-3H3. The number of nitrogens with one attached hydrogen (secondary N) is 1. The molecule has 0 aromatic heterocycles. The minimum Gasteiger partial charge on any atom is -0.246 e. The van der Waals surface area contributed by atoms with Crippen molar-refractivity contribution < 1.29 is 0 Å². The van der Waals surface area contributed by atoms with Crippen molar-refractivity contribution >= 4 is 45.7 Å². The Bertz CT molecular complexity index is 159. The Morgan fingerprint density at radius 3 is 2.50 bits per heavy atom. The van der Waals surface area contributed by atoms with E-state index in [2.05, 4.69) is 78.4 Å². The lowest BCUT2D eigenvalue weighted by molar-refractivity contribution is 0.0921. The van der Waals surface area contributed by atoms with Gasteiger partial charge in [0.25, 0.3) is 0 Å². The third-order valence-corrected chi connectivity index (χ3v) is 4.50. The number of hydrazine groups is 1. The minimum atomic E-state index is 0.680. The van der Waals surface area contributed by atoms with Gasteiger partial charge in [-0.25, -0.2) is 8.12 Å². The number of likely N-dealkylation sites (N-methyl/N-ethyl adjacent to an activating group) is 1. The molecule has 0 aromatic rings. The van der Waals surface area contributed by atoms with Gasteiger partial charge in [-0.2, -0.15) is 3.64 Å². The van der Waals surface area contributed by atoms with Gasteiger partial charge in [-0.15, -0.1) is 0 Å². The molecule has 1 aliphatic rings. The van der Waals surface area contributed by atoms with E-state index >= 15 is 0 Å². The second-order valence-electron chi connectivity index (χ2n) is 4.41. The first-order valence-corrected chi connectivity index (χ1v) is 7.08. The Kier molecular flexibility index (Phi) is 5.91. The molecule has 2 atom stereocenters. The van der Waals surface area contributed by atoms with Crippen LogP contribution < -0.4 is 3.64 Å². The Morgan fingerprint density at radius 2 is 2.07 bits per heavy atom. The van der Waals surface area contributed by atoms with E-state index in [4.69, 9.17) is 0 Å². The zero-order valence-electron chi connectivity index (χ0n) is 9.00. The molecule has 84 valence electrons. The monoisotopic (exact) mass is 423 g/mol. The van der Waals surface area contributed by atoms with Crippen molar-refractivity contribution in [1.29, 1.82) is 0 Å². The lowest BCUT2D eigenvalue weighted by Crippen LogP contribution is -2.51. The van der Waals surface area contributed by atoms with Gasteiger partial charge in [0.2, 0.25) is 0 Å². The SMILES string of the molecule is CC(C)C1CC(N(C)I)CN(NI)C1. The van der Waals surface area contributed by atoms with Crippen LogP contribution in [-0.2, 0) is 0 Å². The average Bonchev–Trinajstić information content (AvgIpc) is 2.16. The number of halogens is 2. The van der Waals surface area contributed by atoms with E-state index in [-0.39, 0.29) is 0 Å². The lowest BCUT2D eigenvalue weighted by atomic mass is 9.86. The van der Waals surface area contributed by atoms with Crippen molar-refractivity contribution in [3.63, 3.8) is 0 Å². The van der Waals surface area contributed by atoms with E-state index in [0.29, 0.717) is 6.04 Å². The molecule has 14 heavy (non-hydrogen) atoms. The second-order valence-corrected chi connectivity index (χ2v) is 6.41. The molecule has 0 aromatic carbocycles. The molecule has 5 heteroatoms.